The van der Waals surface area contributed by atoms with Crippen molar-refractivity contribution in [2.45, 2.75) is 13.1 Å². The van der Waals surface area contributed by atoms with E-state index in [4.69, 9.17) is 17.3 Å². The molecule has 0 saturated heterocycles. The largest absolute Gasteiger partial charge is 0.397 e. The number of halogens is 1. The number of benzene rings is 2. The molecule has 0 spiro atoms. The average Bonchev–Trinajstić information content (AvgIpc) is 2.84. The number of nitrogen functional groups attached to an aromatic ring is 1. The van der Waals surface area contributed by atoms with Gasteiger partial charge in [0.25, 0.3) is 0 Å². The number of amides is 1. The summed E-state index contributed by atoms with van der Waals surface area (Å²) in [6.07, 6.45) is 0. The molecule has 0 aliphatic carbocycles. The van der Waals surface area contributed by atoms with Crippen LogP contribution in [0.25, 0.3) is 0 Å². The Balaban J connectivity index is 1.59. The first-order valence-electron chi connectivity index (χ1n) is 6.76. The van der Waals surface area contributed by atoms with Crippen molar-refractivity contribution in [3.8, 4) is 0 Å². The first-order chi connectivity index (χ1) is 10.1. The lowest BCUT2D eigenvalue weighted by Crippen LogP contribution is -2.29. The quantitative estimate of drug-likeness (QED) is 0.857. The maximum absolute atomic E-state index is 12.1. The van der Waals surface area contributed by atoms with Gasteiger partial charge in [-0.25, -0.2) is 0 Å². The Labute approximate surface area is 128 Å². The second-order valence-electron chi connectivity index (χ2n) is 5.20. The Kier molecular flexibility index (Phi) is 3.82. The van der Waals surface area contributed by atoms with Gasteiger partial charge in [-0.1, -0.05) is 35.9 Å². The molecule has 0 radical (unpaired) electrons. The van der Waals surface area contributed by atoms with Gasteiger partial charge in [-0.2, -0.15) is 0 Å². The third kappa shape index (κ3) is 3.17. The molecule has 21 heavy (non-hydrogen) atoms. The number of carbonyl (C=O) groups is 1. The molecule has 108 valence electrons. The van der Waals surface area contributed by atoms with E-state index in [2.05, 4.69) is 22.3 Å². The number of hydrogen-bond donors (Lipinski definition) is 2. The van der Waals surface area contributed by atoms with E-state index in [0.29, 0.717) is 22.9 Å². The number of nitrogens with one attached hydrogen (secondary N) is 1. The fourth-order valence-corrected chi connectivity index (χ4v) is 2.66. The van der Waals surface area contributed by atoms with Crippen molar-refractivity contribution in [3.05, 3.63) is 58.6 Å². The number of carbonyl (C=O) groups excluding carboxylic acids is 1. The zero-order valence-electron chi connectivity index (χ0n) is 11.5. The van der Waals surface area contributed by atoms with Crippen LogP contribution in [-0.2, 0) is 17.9 Å². The fourth-order valence-electron chi connectivity index (χ4n) is 2.54. The van der Waals surface area contributed by atoms with Crippen LogP contribution in [-0.4, -0.2) is 17.4 Å². The highest BCUT2D eigenvalue weighted by atomic mass is 35.5. The van der Waals surface area contributed by atoms with E-state index in [9.17, 15) is 4.79 Å². The molecule has 0 saturated carbocycles. The number of nitrogens with two attached hydrogens (primary N) is 1. The molecular weight excluding hydrogens is 286 g/mol. The van der Waals surface area contributed by atoms with Crippen LogP contribution < -0.4 is 11.1 Å². The predicted molar refractivity (Wildman–Crippen MR) is 85.1 cm³/mol. The summed E-state index contributed by atoms with van der Waals surface area (Å²) in [6, 6.07) is 13.4. The molecule has 1 amide bonds. The van der Waals surface area contributed by atoms with E-state index in [1.807, 2.05) is 12.1 Å². The third-order valence-corrected chi connectivity index (χ3v) is 3.90. The van der Waals surface area contributed by atoms with Crippen molar-refractivity contribution in [2.24, 2.45) is 0 Å². The first-order valence-corrected chi connectivity index (χ1v) is 7.13. The topological polar surface area (TPSA) is 58.4 Å². The van der Waals surface area contributed by atoms with Gasteiger partial charge in [-0.3, -0.25) is 9.69 Å². The third-order valence-electron chi connectivity index (χ3n) is 3.55. The van der Waals surface area contributed by atoms with Crippen LogP contribution in [0.3, 0.4) is 0 Å². The summed E-state index contributed by atoms with van der Waals surface area (Å²) in [5, 5.41) is 3.33. The SMILES string of the molecule is Nc1cc(NC(=O)CN2Cc3ccccc3C2)ccc1Cl. The van der Waals surface area contributed by atoms with E-state index in [1.165, 1.54) is 11.1 Å². The number of rotatable bonds is 3. The highest BCUT2D eigenvalue weighted by Crippen LogP contribution is 2.23. The van der Waals surface area contributed by atoms with Gasteiger partial charge in [0.05, 0.1) is 17.3 Å². The molecule has 0 fully saturated rings. The van der Waals surface area contributed by atoms with Gasteiger partial charge >= 0.3 is 0 Å². The molecule has 2 aromatic carbocycles. The second-order valence-corrected chi connectivity index (χ2v) is 5.61. The number of fused-ring (bicyclic) bond motifs is 1. The maximum Gasteiger partial charge on any atom is 0.238 e. The second kappa shape index (κ2) is 5.76. The Bertz CT molecular complexity index is 662. The van der Waals surface area contributed by atoms with Crippen LogP contribution in [0.15, 0.2) is 42.5 Å². The van der Waals surface area contributed by atoms with Gasteiger partial charge in [-0.15, -0.1) is 0 Å². The zero-order chi connectivity index (χ0) is 14.8. The molecule has 0 bridgehead atoms. The predicted octanol–water partition coefficient (Wildman–Crippen LogP) is 2.88. The van der Waals surface area contributed by atoms with E-state index >= 15 is 0 Å². The van der Waals surface area contributed by atoms with Gasteiger partial charge in [0, 0.05) is 18.8 Å². The van der Waals surface area contributed by atoms with Gasteiger partial charge in [0.2, 0.25) is 5.91 Å². The lowest BCUT2D eigenvalue weighted by atomic mass is 10.1. The summed E-state index contributed by atoms with van der Waals surface area (Å²) in [5.41, 5.74) is 9.44. The highest BCUT2D eigenvalue weighted by Gasteiger charge is 2.20. The van der Waals surface area contributed by atoms with Gasteiger partial charge in [0.15, 0.2) is 0 Å². The highest BCUT2D eigenvalue weighted by molar-refractivity contribution is 6.33. The molecule has 1 aliphatic heterocycles. The van der Waals surface area contributed by atoms with Crippen molar-refractivity contribution >= 4 is 28.9 Å². The number of anilines is 2. The van der Waals surface area contributed by atoms with Crippen LogP contribution in [0.4, 0.5) is 11.4 Å². The molecule has 2 aromatic rings. The van der Waals surface area contributed by atoms with Crippen molar-refractivity contribution < 1.29 is 4.79 Å². The lowest BCUT2D eigenvalue weighted by Gasteiger charge is -2.14. The summed E-state index contributed by atoms with van der Waals surface area (Å²) >= 11 is 5.86. The van der Waals surface area contributed by atoms with E-state index in [-0.39, 0.29) is 5.91 Å². The number of nitrogens with zero attached hydrogens (tertiary/aromatic N) is 1. The standard InChI is InChI=1S/C16H16ClN3O/c17-14-6-5-13(7-15(14)18)19-16(21)10-20-8-11-3-1-2-4-12(11)9-20/h1-7H,8-10,18H2,(H,19,21). The molecule has 0 unspecified atom stereocenters. The summed E-state index contributed by atoms with van der Waals surface area (Å²) < 4.78 is 0. The van der Waals surface area contributed by atoms with Crippen LogP contribution in [0, 0.1) is 0 Å². The summed E-state index contributed by atoms with van der Waals surface area (Å²) in [4.78, 5) is 14.2. The van der Waals surface area contributed by atoms with Crippen molar-refractivity contribution in [2.75, 3.05) is 17.6 Å². The zero-order valence-corrected chi connectivity index (χ0v) is 12.2. The van der Waals surface area contributed by atoms with E-state index in [1.54, 1.807) is 18.2 Å². The van der Waals surface area contributed by atoms with Crippen LogP contribution in [0.1, 0.15) is 11.1 Å². The maximum atomic E-state index is 12.1. The normalized spacial score (nSPS) is 14.0. The molecular formula is C16H16ClN3O. The summed E-state index contributed by atoms with van der Waals surface area (Å²) in [6.45, 7) is 1.98. The minimum absolute atomic E-state index is 0.0514. The van der Waals surface area contributed by atoms with Gasteiger partial charge < -0.3 is 11.1 Å². The summed E-state index contributed by atoms with van der Waals surface area (Å²) in [5.74, 6) is -0.0514. The minimum atomic E-state index is -0.0514. The molecule has 5 heteroatoms. The number of hydrogen-bond acceptors (Lipinski definition) is 3. The monoisotopic (exact) mass is 301 g/mol. The van der Waals surface area contributed by atoms with E-state index in [0.717, 1.165) is 13.1 Å². The van der Waals surface area contributed by atoms with Crippen LogP contribution in [0.2, 0.25) is 5.02 Å². The van der Waals surface area contributed by atoms with E-state index < -0.39 is 0 Å². The van der Waals surface area contributed by atoms with Crippen molar-refractivity contribution in [3.63, 3.8) is 0 Å². The average molecular weight is 302 g/mol. The van der Waals surface area contributed by atoms with Gasteiger partial charge in [-0.05, 0) is 29.3 Å². The lowest BCUT2D eigenvalue weighted by molar-refractivity contribution is -0.117. The Morgan fingerprint density at radius 2 is 1.86 bits per heavy atom. The first kappa shape index (κ1) is 13.9. The van der Waals surface area contributed by atoms with Crippen molar-refractivity contribution in [1.29, 1.82) is 0 Å². The molecule has 0 aromatic heterocycles. The van der Waals surface area contributed by atoms with Crippen molar-refractivity contribution in [1.82, 2.24) is 4.90 Å². The Hall–Kier alpha value is -2.04. The summed E-state index contributed by atoms with van der Waals surface area (Å²) in [7, 11) is 0. The van der Waals surface area contributed by atoms with Crippen LogP contribution in [0.5, 0.6) is 0 Å². The molecule has 0 atom stereocenters. The van der Waals surface area contributed by atoms with Gasteiger partial charge in [0.1, 0.15) is 0 Å². The van der Waals surface area contributed by atoms with Crippen LogP contribution >= 0.6 is 11.6 Å². The molecule has 1 heterocycles. The molecule has 1 aliphatic rings. The molecule has 3 N–H and O–H groups in total. The minimum Gasteiger partial charge on any atom is -0.397 e. The smallest absolute Gasteiger partial charge is 0.238 e. The molecule has 4 nitrogen and oxygen atoms in total. The fraction of sp³-hybridized carbons (Fsp3) is 0.188. The Morgan fingerprint density at radius 1 is 1.19 bits per heavy atom. The molecule has 3 rings (SSSR count). The Morgan fingerprint density at radius 3 is 2.48 bits per heavy atom.